The number of hydrogen-bond donors (Lipinski definition) is 3. The van der Waals surface area contributed by atoms with Crippen LogP contribution in [0, 0.1) is 6.92 Å². The van der Waals surface area contributed by atoms with Gasteiger partial charge in [0.15, 0.2) is 20.7 Å². The van der Waals surface area contributed by atoms with E-state index in [0.29, 0.717) is 17.9 Å². The Morgan fingerprint density at radius 1 is 1.18 bits per heavy atom. The number of nitrogens with zero attached hydrogens (tertiary/aromatic N) is 5. The quantitative estimate of drug-likeness (QED) is 0.128. The second kappa shape index (κ2) is 15.6. The highest BCUT2D eigenvalue weighted by atomic mass is 35.5. The molecule has 0 spiro atoms. The van der Waals surface area contributed by atoms with E-state index in [-0.39, 0.29) is 28.5 Å². The van der Waals surface area contributed by atoms with Crippen LogP contribution in [0.4, 0.5) is 17.5 Å². The van der Waals surface area contributed by atoms with Gasteiger partial charge in [-0.1, -0.05) is 18.2 Å². The highest BCUT2D eigenvalue weighted by molar-refractivity contribution is 8.07. The van der Waals surface area contributed by atoms with Crippen LogP contribution in [0.2, 0.25) is 5.02 Å². The van der Waals surface area contributed by atoms with Gasteiger partial charge in [-0.05, 0) is 103 Å². The third-order valence-corrected chi connectivity index (χ3v) is 10.6. The van der Waals surface area contributed by atoms with Crippen molar-refractivity contribution in [2.45, 2.75) is 82.6 Å². The van der Waals surface area contributed by atoms with E-state index in [9.17, 15) is 8.42 Å². The monoisotopic (exact) mass is 660 g/mol. The molecule has 0 amide bonds. The number of rotatable bonds is 15. The molecule has 45 heavy (non-hydrogen) atoms. The second-order valence-electron chi connectivity index (χ2n) is 12.5. The lowest BCUT2D eigenvalue weighted by atomic mass is 9.80. The van der Waals surface area contributed by atoms with Crippen LogP contribution in [-0.4, -0.2) is 91.5 Å². The number of hydrogen-bond acceptors (Lipinski definition) is 11. The third kappa shape index (κ3) is 9.78. The molecule has 11 nitrogen and oxygen atoms in total. The van der Waals surface area contributed by atoms with Gasteiger partial charge in [0.05, 0.1) is 29.8 Å². The van der Waals surface area contributed by atoms with Crippen molar-refractivity contribution in [1.29, 1.82) is 0 Å². The van der Waals surface area contributed by atoms with Gasteiger partial charge in [0, 0.05) is 32.4 Å². The van der Waals surface area contributed by atoms with Gasteiger partial charge < -0.3 is 25.6 Å². The Morgan fingerprint density at radius 3 is 2.51 bits per heavy atom. The van der Waals surface area contributed by atoms with Crippen LogP contribution in [0.25, 0.3) is 0 Å². The number of nitrogens with one attached hydrogen (secondary N) is 3. The predicted molar refractivity (Wildman–Crippen MR) is 185 cm³/mol. The Labute approximate surface area is 273 Å². The van der Waals surface area contributed by atoms with Crippen LogP contribution < -0.4 is 20.7 Å². The summed E-state index contributed by atoms with van der Waals surface area (Å²) in [5, 5.41) is 15.2. The lowest BCUT2D eigenvalue weighted by Gasteiger charge is -2.31. The third-order valence-electron chi connectivity index (χ3n) is 8.23. The first-order valence-electron chi connectivity index (χ1n) is 15.8. The molecule has 0 unspecified atom stereocenters. The number of sulfone groups is 1. The summed E-state index contributed by atoms with van der Waals surface area (Å²) >= 11 is 6.42. The standard InChI is InChI=1S/C32H49ClN8O3S/c1-8-41(7)39-30(45(42,43)21(2)3)20-35-31-27(33)19-36-32(38-31)37-28-17-22(4)26(18-29(28)44-25-13-14-25)23-9-11-24(12-10-23)34-15-16-40(5)6/h8,17-19,21,23-25,34H,1,9-16,20H2,2-7H3,(H2,35,36,37,38)/b39-30+. The molecule has 2 fully saturated rings. The molecule has 0 bridgehead atoms. The topological polar surface area (TPSA) is 124 Å². The number of aryl methyl sites for hydroxylation is 1. The average Bonchev–Trinajstić information content (AvgIpc) is 3.82. The van der Waals surface area contributed by atoms with Crippen molar-refractivity contribution in [1.82, 2.24) is 25.2 Å². The highest BCUT2D eigenvalue weighted by Crippen LogP contribution is 2.41. The average molecular weight is 661 g/mol. The van der Waals surface area contributed by atoms with E-state index in [4.69, 9.17) is 16.3 Å². The maximum atomic E-state index is 13.0. The lowest BCUT2D eigenvalue weighted by molar-refractivity contribution is 0.302. The summed E-state index contributed by atoms with van der Waals surface area (Å²) in [6.07, 6.45) is 9.84. The first kappa shape index (κ1) is 34.9. The molecule has 3 N–H and O–H groups in total. The molecule has 0 saturated heterocycles. The van der Waals surface area contributed by atoms with Crippen LogP contribution >= 0.6 is 11.6 Å². The van der Waals surface area contributed by atoms with Crippen molar-refractivity contribution in [2.24, 2.45) is 5.10 Å². The molecule has 2 aliphatic carbocycles. The summed E-state index contributed by atoms with van der Waals surface area (Å²) in [6.45, 7) is 11.0. The summed E-state index contributed by atoms with van der Waals surface area (Å²) in [5.74, 6) is 1.89. The summed E-state index contributed by atoms with van der Waals surface area (Å²) in [5.41, 5.74) is 3.32. The molecule has 2 aromatic rings. The van der Waals surface area contributed by atoms with Gasteiger partial charge >= 0.3 is 0 Å². The summed E-state index contributed by atoms with van der Waals surface area (Å²) in [4.78, 5) is 11.2. The molecule has 248 valence electrons. The van der Waals surface area contributed by atoms with E-state index in [1.165, 1.54) is 41.4 Å². The predicted octanol–water partition coefficient (Wildman–Crippen LogP) is 5.52. The molecule has 1 aromatic heterocycles. The summed E-state index contributed by atoms with van der Waals surface area (Å²) in [7, 11) is 2.18. The number of ether oxygens (including phenoxy) is 1. The van der Waals surface area contributed by atoms with Gasteiger partial charge in [-0.3, -0.25) is 5.01 Å². The normalized spacial score (nSPS) is 19.1. The summed E-state index contributed by atoms with van der Waals surface area (Å²) in [6, 6.07) is 4.89. The van der Waals surface area contributed by atoms with E-state index in [0.717, 1.165) is 50.2 Å². The highest BCUT2D eigenvalue weighted by Gasteiger charge is 2.29. The molecule has 13 heteroatoms. The van der Waals surface area contributed by atoms with Crippen molar-refractivity contribution in [2.75, 3.05) is 51.4 Å². The van der Waals surface area contributed by atoms with Crippen LogP contribution in [-0.2, 0) is 9.84 Å². The van der Waals surface area contributed by atoms with Crippen LogP contribution in [0.1, 0.15) is 69.4 Å². The van der Waals surface area contributed by atoms with Crippen molar-refractivity contribution in [3.8, 4) is 5.75 Å². The zero-order valence-electron chi connectivity index (χ0n) is 27.4. The van der Waals surface area contributed by atoms with Crippen LogP contribution in [0.15, 0.2) is 36.2 Å². The smallest absolute Gasteiger partial charge is 0.229 e. The SMILES string of the molecule is C=CN(C)/N=C(\CNc1nc(Nc2cc(C)c(C3CCC(NCCN(C)C)CC3)cc2OC2CC2)ncc1Cl)S(=O)(=O)C(C)C. The van der Waals surface area contributed by atoms with Crippen molar-refractivity contribution >= 4 is 43.9 Å². The van der Waals surface area contributed by atoms with Crippen LogP contribution in [0.5, 0.6) is 5.75 Å². The number of halogens is 1. The first-order chi connectivity index (χ1) is 21.4. The van der Waals surface area contributed by atoms with Gasteiger partial charge in [-0.2, -0.15) is 10.1 Å². The summed E-state index contributed by atoms with van der Waals surface area (Å²) < 4.78 is 32.3. The minimum absolute atomic E-state index is 0.0474. The minimum Gasteiger partial charge on any atom is -0.488 e. The molecule has 2 aliphatic rings. The molecule has 0 radical (unpaired) electrons. The Morgan fingerprint density at radius 2 is 1.89 bits per heavy atom. The number of anilines is 3. The minimum atomic E-state index is -3.65. The van der Waals surface area contributed by atoms with E-state index >= 15 is 0 Å². The Balaban J connectivity index is 1.50. The van der Waals surface area contributed by atoms with Gasteiger partial charge in [0.1, 0.15) is 10.8 Å². The molecule has 1 heterocycles. The number of hydrazone groups is 1. The molecule has 0 atom stereocenters. The molecule has 2 saturated carbocycles. The maximum absolute atomic E-state index is 13.0. The fourth-order valence-corrected chi connectivity index (χ4v) is 6.54. The largest absolute Gasteiger partial charge is 0.488 e. The van der Waals surface area contributed by atoms with E-state index in [2.05, 4.69) is 75.7 Å². The molecule has 0 aliphatic heterocycles. The number of likely N-dealkylation sites (N-methyl/N-ethyl adjacent to an activating group) is 1. The van der Waals surface area contributed by atoms with Crippen molar-refractivity contribution < 1.29 is 13.2 Å². The second-order valence-corrected chi connectivity index (χ2v) is 15.5. The number of benzene rings is 1. The molecular weight excluding hydrogens is 612 g/mol. The van der Waals surface area contributed by atoms with Gasteiger partial charge in [0.2, 0.25) is 5.95 Å². The van der Waals surface area contributed by atoms with Gasteiger partial charge in [0.25, 0.3) is 0 Å². The Hall–Kier alpha value is -2.93. The maximum Gasteiger partial charge on any atom is 0.229 e. The van der Waals surface area contributed by atoms with Gasteiger partial charge in [-0.25, -0.2) is 13.4 Å². The molecular formula is C32H49ClN8O3S. The Kier molecular flexibility index (Phi) is 12.1. The molecule has 4 rings (SSSR count). The number of aromatic nitrogens is 2. The lowest BCUT2D eigenvalue weighted by Crippen LogP contribution is -2.37. The zero-order chi connectivity index (χ0) is 32.7. The fraction of sp³-hybridized carbons (Fsp3) is 0.594. The fourth-order valence-electron chi connectivity index (χ4n) is 5.32. The zero-order valence-corrected chi connectivity index (χ0v) is 29.0. The van der Waals surface area contributed by atoms with E-state index in [1.807, 2.05) is 0 Å². The van der Waals surface area contributed by atoms with Gasteiger partial charge in [-0.15, -0.1) is 0 Å². The van der Waals surface area contributed by atoms with Crippen molar-refractivity contribution in [3.05, 3.63) is 47.3 Å². The first-order valence-corrected chi connectivity index (χ1v) is 17.7. The Bertz CT molecular complexity index is 1450. The van der Waals surface area contributed by atoms with Crippen LogP contribution in [0.3, 0.4) is 0 Å². The molecule has 1 aromatic carbocycles. The van der Waals surface area contributed by atoms with E-state index < -0.39 is 15.1 Å². The van der Waals surface area contributed by atoms with Crippen molar-refractivity contribution in [3.63, 3.8) is 0 Å². The van der Waals surface area contributed by atoms with E-state index in [1.54, 1.807) is 20.9 Å².